The first kappa shape index (κ1) is 14.8. The van der Waals surface area contributed by atoms with Crippen LogP contribution in [0, 0.1) is 11.7 Å². The van der Waals surface area contributed by atoms with Gasteiger partial charge in [-0.15, -0.1) is 0 Å². The minimum atomic E-state index is -0.560. The van der Waals surface area contributed by atoms with Crippen LogP contribution in [0.5, 0.6) is 0 Å². The highest BCUT2D eigenvalue weighted by Gasteiger charge is 2.22. The number of nitrogens with one attached hydrogen (secondary N) is 1. The summed E-state index contributed by atoms with van der Waals surface area (Å²) in [6.07, 6.45) is 7.30. The summed E-state index contributed by atoms with van der Waals surface area (Å²) in [7, 11) is 0. The van der Waals surface area contributed by atoms with Gasteiger partial charge in [0.05, 0.1) is 5.56 Å². The lowest BCUT2D eigenvalue weighted by Crippen LogP contribution is -2.38. The number of nitrogens with two attached hydrogens (primary N) is 1. The summed E-state index contributed by atoms with van der Waals surface area (Å²) in [6, 6.07) is 4.26. The van der Waals surface area contributed by atoms with Crippen molar-refractivity contribution < 1.29 is 9.18 Å². The van der Waals surface area contributed by atoms with E-state index in [0.29, 0.717) is 11.6 Å². The number of hydrogen-bond donors (Lipinski definition) is 2. The maximum Gasteiger partial charge on any atom is 0.254 e. The van der Waals surface area contributed by atoms with Gasteiger partial charge in [0, 0.05) is 11.7 Å². The van der Waals surface area contributed by atoms with Crippen molar-refractivity contribution in [2.45, 2.75) is 51.5 Å². The Kier molecular flexibility index (Phi) is 4.99. The van der Waals surface area contributed by atoms with E-state index in [-0.39, 0.29) is 17.5 Å². The average molecular weight is 278 g/mol. The number of rotatable bonds is 3. The molecular weight excluding hydrogens is 255 g/mol. The van der Waals surface area contributed by atoms with Crippen LogP contribution in [0.4, 0.5) is 10.1 Å². The summed E-state index contributed by atoms with van der Waals surface area (Å²) in [5.41, 5.74) is 5.89. The first-order chi connectivity index (χ1) is 9.58. The quantitative estimate of drug-likeness (QED) is 0.657. The zero-order chi connectivity index (χ0) is 14.5. The Balaban J connectivity index is 1.99. The molecule has 1 amide bonds. The fourth-order valence-electron chi connectivity index (χ4n) is 2.93. The highest BCUT2D eigenvalue weighted by Crippen LogP contribution is 2.25. The van der Waals surface area contributed by atoms with E-state index in [1.54, 1.807) is 6.07 Å². The summed E-state index contributed by atoms with van der Waals surface area (Å²) < 4.78 is 13.7. The first-order valence-electron chi connectivity index (χ1n) is 7.44. The number of anilines is 1. The number of halogens is 1. The number of carbonyl (C=O) groups excluding carboxylic acids is 1. The number of carbonyl (C=O) groups is 1. The van der Waals surface area contributed by atoms with Crippen LogP contribution < -0.4 is 11.1 Å². The van der Waals surface area contributed by atoms with E-state index in [9.17, 15) is 9.18 Å². The van der Waals surface area contributed by atoms with Gasteiger partial charge in [-0.25, -0.2) is 4.39 Å². The van der Waals surface area contributed by atoms with Gasteiger partial charge in [0.15, 0.2) is 0 Å². The van der Waals surface area contributed by atoms with Crippen molar-refractivity contribution in [2.24, 2.45) is 5.92 Å². The Morgan fingerprint density at radius 2 is 1.95 bits per heavy atom. The molecule has 1 aliphatic carbocycles. The summed E-state index contributed by atoms with van der Waals surface area (Å²) in [6.45, 7) is 2.02. The number of benzene rings is 1. The molecule has 1 aliphatic rings. The van der Waals surface area contributed by atoms with Gasteiger partial charge in [-0.3, -0.25) is 4.79 Å². The highest BCUT2D eigenvalue weighted by atomic mass is 19.1. The van der Waals surface area contributed by atoms with Gasteiger partial charge in [0.1, 0.15) is 5.82 Å². The molecule has 20 heavy (non-hydrogen) atoms. The first-order valence-corrected chi connectivity index (χ1v) is 7.44. The Hall–Kier alpha value is -1.58. The van der Waals surface area contributed by atoms with Crippen LogP contribution in [-0.4, -0.2) is 11.9 Å². The van der Waals surface area contributed by atoms with E-state index < -0.39 is 5.82 Å². The van der Waals surface area contributed by atoms with Gasteiger partial charge >= 0.3 is 0 Å². The second-order valence-corrected chi connectivity index (χ2v) is 5.75. The van der Waals surface area contributed by atoms with E-state index in [2.05, 4.69) is 5.32 Å². The number of nitrogen functional groups attached to an aromatic ring is 1. The molecule has 2 rings (SSSR count). The molecule has 0 spiro atoms. The van der Waals surface area contributed by atoms with Crippen LogP contribution >= 0.6 is 0 Å². The lowest BCUT2D eigenvalue weighted by atomic mass is 9.93. The molecule has 4 heteroatoms. The predicted octanol–water partition coefficient (Wildman–Crippen LogP) is 3.50. The summed E-state index contributed by atoms with van der Waals surface area (Å²) in [4.78, 5) is 12.1. The van der Waals surface area contributed by atoms with Gasteiger partial charge in [-0.1, -0.05) is 25.7 Å². The standard InChI is InChI=1S/C16H23FN2O/c1-11(12-6-4-2-3-5-7-12)19-16(20)14-9-8-13(18)10-15(14)17/h8-12H,2-7,18H2,1H3,(H,19,20)/t11-/m0/s1. The summed E-state index contributed by atoms with van der Waals surface area (Å²) in [5.74, 6) is -0.409. The SMILES string of the molecule is C[C@H](NC(=O)c1ccc(N)cc1F)C1CCCCCC1. The fourth-order valence-corrected chi connectivity index (χ4v) is 2.93. The molecule has 1 fully saturated rings. The molecule has 3 nitrogen and oxygen atoms in total. The van der Waals surface area contributed by atoms with Gasteiger partial charge in [0.2, 0.25) is 0 Å². The average Bonchev–Trinajstić information content (AvgIpc) is 2.67. The lowest BCUT2D eigenvalue weighted by Gasteiger charge is -2.23. The van der Waals surface area contributed by atoms with Crippen LogP contribution in [0.1, 0.15) is 55.8 Å². The third-order valence-corrected chi connectivity index (χ3v) is 4.20. The van der Waals surface area contributed by atoms with Gasteiger partial charge in [0.25, 0.3) is 5.91 Å². The molecule has 0 heterocycles. The Bertz CT molecular complexity index is 468. The molecule has 0 radical (unpaired) electrons. The zero-order valence-corrected chi connectivity index (χ0v) is 12.0. The molecule has 0 bridgehead atoms. The third-order valence-electron chi connectivity index (χ3n) is 4.20. The molecule has 1 aromatic rings. The van der Waals surface area contributed by atoms with Crippen LogP contribution in [0.15, 0.2) is 18.2 Å². The van der Waals surface area contributed by atoms with E-state index in [4.69, 9.17) is 5.73 Å². The Morgan fingerprint density at radius 3 is 2.55 bits per heavy atom. The molecule has 3 N–H and O–H groups in total. The van der Waals surface area contributed by atoms with Crippen molar-refractivity contribution in [3.8, 4) is 0 Å². The fraction of sp³-hybridized carbons (Fsp3) is 0.562. The molecule has 0 aliphatic heterocycles. The van der Waals surface area contributed by atoms with Crippen LogP contribution in [0.25, 0.3) is 0 Å². The lowest BCUT2D eigenvalue weighted by molar-refractivity contribution is 0.0920. The Labute approximate surface area is 119 Å². The molecule has 1 saturated carbocycles. The second-order valence-electron chi connectivity index (χ2n) is 5.75. The maximum absolute atomic E-state index is 13.7. The van der Waals surface area contributed by atoms with Crippen molar-refractivity contribution in [3.05, 3.63) is 29.6 Å². The topological polar surface area (TPSA) is 55.1 Å². The third kappa shape index (κ3) is 3.71. The predicted molar refractivity (Wildman–Crippen MR) is 78.9 cm³/mol. The molecule has 110 valence electrons. The minimum Gasteiger partial charge on any atom is -0.399 e. The Morgan fingerprint density at radius 1 is 1.30 bits per heavy atom. The molecule has 0 unspecified atom stereocenters. The number of hydrogen-bond acceptors (Lipinski definition) is 2. The molecule has 0 aromatic heterocycles. The van der Waals surface area contributed by atoms with Crippen molar-refractivity contribution >= 4 is 11.6 Å². The minimum absolute atomic E-state index is 0.0691. The van der Waals surface area contributed by atoms with E-state index in [0.717, 1.165) is 12.8 Å². The van der Waals surface area contributed by atoms with Crippen molar-refractivity contribution in [2.75, 3.05) is 5.73 Å². The van der Waals surface area contributed by atoms with Crippen LogP contribution in [0.3, 0.4) is 0 Å². The number of amides is 1. The second kappa shape index (κ2) is 6.73. The summed E-state index contributed by atoms with van der Waals surface area (Å²) >= 11 is 0. The molecule has 1 atom stereocenters. The smallest absolute Gasteiger partial charge is 0.254 e. The maximum atomic E-state index is 13.7. The van der Waals surface area contributed by atoms with Gasteiger partial charge in [-0.05, 0) is 43.9 Å². The highest BCUT2D eigenvalue weighted by molar-refractivity contribution is 5.95. The summed E-state index contributed by atoms with van der Waals surface area (Å²) in [5, 5.41) is 2.93. The largest absolute Gasteiger partial charge is 0.399 e. The van der Waals surface area contributed by atoms with E-state index >= 15 is 0 Å². The molecule has 1 aromatic carbocycles. The monoisotopic (exact) mass is 278 g/mol. The van der Waals surface area contributed by atoms with E-state index in [1.165, 1.54) is 37.8 Å². The molecular formula is C16H23FN2O. The van der Waals surface area contributed by atoms with Crippen molar-refractivity contribution in [1.82, 2.24) is 5.32 Å². The van der Waals surface area contributed by atoms with Crippen LogP contribution in [0.2, 0.25) is 0 Å². The van der Waals surface area contributed by atoms with Crippen LogP contribution in [-0.2, 0) is 0 Å². The van der Waals surface area contributed by atoms with Gasteiger partial charge < -0.3 is 11.1 Å². The zero-order valence-electron chi connectivity index (χ0n) is 12.0. The normalized spacial score (nSPS) is 18.3. The van der Waals surface area contributed by atoms with Crippen molar-refractivity contribution in [1.29, 1.82) is 0 Å². The van der Waals surface area contributed by atoms with E-state index in [1.807, 2.05) is 6.92 Å². The van der Waals surface area contributed by atoms with Crippen molar-refractivity contribution in [3.63, 3.8) is 0 Å². The van der Waals surface area contributed by atoms with Gasteiger partial charge in [-0.2, -0.15) is 0 Å². The molecule has 0 saturated heterocycles.